The standard InChI is InChI=1S/C25H23F2N3O2S/c1-15-28-22(14-33-15)17-2-5-23-18(12-17)8-11-30(23)24(31)16-6-9-29(10-7-16)25(32)20-4-3-19(26)13-21(20)27/h2-5,12-14,16H,6-11H2,1H3. The van der Waals surface area contributed by atoms with Gasteiger partial charge in [-0.3, -0.25) is 9.59 Å². The minimum absolute atomic E-state index is 0.0751. The van der Waals surface area contributed by atoms with Gasteiger partial charge in [0, 0.05) is 48.2 Å². The van der Waals surface area contributed by atoms with Crippen molar-refractivity contribution < 1.29 is 18.4 Å². The Morgan fingerprint density at radius 1 is 1.06 bits per heavy atom. The fourth-order valence-corrected chi connectivity index (χ4v) is 5.29. The molecule has 5 rings (SSSR count). The van der Waals surface area contributed by atoms with Crippen LogP contribution in [-0.2, 0) is 11.2 Å². The SMILES string of the molecule is Cc1nc(-c2ccc3c(c2)CCN3C(=O)C2CCN(C(=O)c3ccc(F)cc3F)CC2)cs1. The topological polar surface area (TPSA) is 53.5 Å². The summed E-state index contributed by atoms with van der Waals surface area (Å²) in [6, 6.07) is 9.10. The lowest BCUT2D eigenvalue weighted by atomic mass is 9.94. The highest BCUT2D eigenvalue weighted by atomic mass is 32.1. The predicted octanol–water partition coefficient (Wildman–Crippen LogP) is 4.84. The van der Waals surface area contributed by atoms with Gasteiger partial charge in [-0.1, -0.05) is 6.07 Å². The van der Waals surface area contributed by atoms with Gasteiger partial charge in [-0.05, 0) is 56.0 Å². The molecule has 0 spiro atoms. The molecule has 0 bridgehead atoms. The van der Waals surface area contributed by atoms with Gasteiger partial charge in [-0.25, -0.2) is 13.8 Å². The summed E-state index contributed by atoms with van der Waals surface area (Å²) >= 11 is 1.62. The lowest BCUT2D eigenvalue weighted by Gasteiger charge is -2.33. The van der Waals surface area contributed by atoms with E-state index in [-0.39, 0.29) is 17.4 Å². The van der Waals surface area contributed by atoms with Crippen LogP contribution in [-0.4, -0.2) is 41.3 Å². The van der Waals surface area contributed by atoms with E-state index in [0.717, 1.165) is 46.1 Å². The molecule has 3 aromatic rings. The summed E-state index contributed by atoms with van der Waals surface area (Å²) in [6.45, 7) is 3.37. The van der Waals surface area contributed by atoms with Gasteiger partial charge in [0.25, 0.3) is 5.91 Å². The first-order valence-corrected chi connectivity index (χ1v) is 11.9. The lowest BCUT2D eigenvalue weighted by Crippen LogP contribution is -2.44. The van der Waals surface area contributed by atoms with Gasteiger partial charge in [0.2, 0.25) is 5.91 Å². The highest BCUT2D eigenvalue weighted by Gasteiger charge is 2.34. The van der Waals surface area contributed by atoms with Crippen LogP contribution in [0.15, 0.2) is 41.8 Å². The molecule has 0 radical (unpaired) electrons. The number of amides is 2. The molecule has 1 saturated heterocycles. The number of nitrogens with zero attached hydrogens (tertiary/aromatic N) is 3. The van der Waals surface area contributed by atoms with E-state index in [1.165, 1.54) is 6.07 Å². The molecule has 0 atom stereocenters. The van der Waals surface area contributed by atoms with Crippen LogP contribution >= 0.6 is 11.3 Å². The summed E-state index contributed by atoms with van der Waals surface area (Å²) in [4.78, 5) is 33.9. The highest BCUT2D eigenvalue weighted by Crippen LogP contribution is 2.35. The highest BCUT2D eigenvalue weighted by molar-refractivity contribution is 7.09. The molecular formula is C25H23F2N3O2S. The van der Waals surface area contributed by atoms with Crippen molar-refractivity contribution in [3.63, 3.8) is 0 Å². The first-order chi connectivity index (χ1) is 15.9. The van der Waals surface area contributed by atoms with Gasteiger partial charge in [-0.15, -0.1) is 11.3 Å². The van der Waals surface area contributed by atoms with E-state index in [2.05, 4.69) is 11.1 Å². The van der Waals surface area contributed by atoms with Crippen molar-refractivity contribution in [3.8, 4) is 11.3 Å². The van der Waals surface area contributed by atoms with Crippen molar-refractivity contribution >= 4 is 28.8 Å². The first-order valence-electron chi connectivity index (χ1n) is 11.0. The Morgan fingerprint density at radius 2 is 1.85 bits per heavy atom. The Labute approximate surface area is 194 Å². The zero-order valence-corrected chi connectivity index (χ0v) is 19.0. The third kappa shape index (κ3) is 4.15. The average Bonchev–Trinajstić information content (AvgIpc) is 3.44. The zero-order chi connectivity index (χ0) is 23.1. The Balaban J connectivity index is 1.24. The number of rotatable bonds is 3. The second-order valence-electron chi connectivity index (χ2n) is 8.53. The fraction of sp³-hybridized carbons (Fsp3) is 0.320. The molecule has 0 unspecified atom stereocenters. The maximum Gasteiger partial charge on any atom is 0.256 e. The van der Waals surface area contributed by atoms with Crippen LogP contribution in [0.2, 0.25) is 0 Å². The maximum absolute atomic E-state index is 14.0. The molecule has 1 fully saturated rings. The number of halogens is 2. The molecule has 33 heavy (non-hydrogen) atoms. The largest absolute Gasteiger partial charge is 0.339 e. The molecule has 1 aromatic heterocycles. The van der Waals surface area contributed by atoms with E-state index in [9.17, 15) is 18.4 Å². The zero-order valence-electron chi connectivity index (χ0n) is 18.2. The number of carbonyl (C=O) groups is 2. The number of hydrogen-bond donors (Lipinski definition) is 0. The third-order valence-electron chi connectivity index (χ3n) is 6.45. The van der Waals surface area contributed by atoms with Crippen LogP contribution in [0.25, 0.3) is 11.3 Å². The summed E-state index contributed by atoms with van der Waals surface area (Å²) in [5.74, 6) is -2.15. The van der Waals surface area contributed by atoms with E-state index < -0.39 is 17.5 Å². The van der Waals surface area contributed by atoms with Gasteiger partial charge >= 0.3 is 0 Å². The molecule has 3 heterocycles. The quantitative estimate of drug-likeness (QED) is 0.554. The number of benzene rings is 2. The normalized spacial score (nSPS) is 16.2. The van der Waals surface area contributed by atoms with E-state index in [1.54, 1.807) is 16.2 Å². The van der Waals surface area contributed by atoms with Gasteiger partial charge in [0.1, 0.15) is 11.6 Å². The molecule has 2 aliphatic rings. The van der Waals surface area contributed by atoms with Gasteiger partial charge < -0.3 is 9.80 Å². The minimum atomic E-state index is -0.862. The monoisotopic (exact) mass is 467 g/mol. The van der Waals surface area contributed by atoms with Crippen molar-refractivity contribution in [2.24, 2.45) is 5.92 Å². The summed E-state index contributed by atoms with van der Waals surface area (Å²) < 4.78 is 27.1. The predicted molar refractivity (Wildman–Crippen MR) is 123 cm³/mol. The van der Waals surface area contributed by atoms with E-state index >= 15 is 0 Å². The smallest absolute Gasteiger partial charge is 0.256 e. The van der Waals surface area contributed by atoms with Crippen molar-refractivity contribution in [1.82, 2.24) is 9.88 Å². The number of anilines is 1. The number of hydrogen-bond acceptors (Lipinski definition) is 4. The minimum Gasteiger partial charge on any atom is -0.339 e. The molecule has 170 valence electrons. The van der Waals surface area contributed by atoms with Crippen molar-refractivity contribution in [3.05, 3.63) is 69.5 Å². The van der Waals surface area contributed by atoms with Crippen LogP contribution in [0.4, 0.5) is 14.5 Å². The second-order valence-corrected chi connectivity index (χ2v) is 9.59. The Bertz CT molecular complexity index is 1230. The van der Waals surface area contributed by atoms with E-state index in [0.29, 0.717) is 32.5 Å². The molecular weight excluding hydrogens is 444 g/mol. The number of aryl methyl sites for hydroxylation is 1. The number of thiazole rings is 1. The number of aromatic nitrogens is 1. The Kier molecular flexibility index (Phi) is 5.70. The summed E-state index contributed by atoms with van der Waals surface area (Å²) in [5.41, 5.74) is 3.97. The fourth-order valence-electron chi connectivity index (χ4n) is 4.67. The molecule has 2 aliphatic heterocycles. The average molecular weight is 468 g/mol. The number of likely N-dealkylation sites (tertiary alicyclic amines) is 1. The Hall–Kier alpha value is -3.13. The molecule has 0 saturated carbocycles. The van der Waals surface area contributed by atoms with Crippen LogP contribution in [0, 0.1) is 24.5 Å². The van der Waals surface area contributed by atoms with Crippen LogP contribution in [0.3, 0.4) is 0 Å². The van der Waals surface area contributed by atoms with E-state index in [1.807, 2.05) is 29.3 Å². The van der Waals surface area contributed by atoms with Crippen molar-refractivity contribution in [1.29, 1.82) is 0 Å². The summed E-state index contributed by atoms with van der Waals surface area (Å²) in [5, 5.41) is 3.07. The molecule has 8 heteroatoms. The summed E-state index contributed by atoms with van der Waals surface area (Å²) in [6.07, 6.45) is 1.85. The van der Waals surface area contributed by atoms with Crippen molar-refractivity contribution in [2.45, 2.75) is 26.2 Å². The third-order valence-corrected chi connectivity index (χ3v) is 7.22. The molecule has 0 aliphatic carbocycles. The summed E-state index contributed by atoms with van der Waals surface area (Å²) in [7, 11) is 0. The van der Waals surface area contributed by atoms with Crippen LogP contribution in [0.5, 0.6) is 0 Å². The number of piperidine rings is 1. The Morgan fingerprint density at radius 3 is 2.55 bits per heavy atom. The van der Waals surface area contributed by atoms with Crippen molar-refractivity contribution in [2.75, 3.05) is 24.5 Å². The lowest BCUT2D eigenvalue weighted by molar-refractivity contribution is -0.123. The van der Waals surface area contributed by atoms with E-state index in [4.69, 9.17) is 0 Å². The number of carbonyl (C=O) groups excluding carboxylic acids is 2. The first kappa shape index (κ1) is 21.7. The number of fused-ring (bicyclic) bond motifs is 1. The van der Waals surface area contributed by atoms with Crippen LogP contribution < -0.4 is 4.90 Å². The molecule has 5 nitrogen and oxygen atoms in total. The second kappa shape index (κ2) is 8.67. The molecule has 0 N–H and O–H groups in total. The molecule has 2 aromatic carbocycles. The van der Waals surface area contributed by atoms with Gasteiger partial charge in [0.15, 0.2) is 0 Å². The van der Waals surface area contributed by atoms with Gasteiger partial charge in [0.05, 0.1) is 16.3 Å². The maximum atomic E-state index is 14.0. The van der Waals surface area contributed by atoms with Gasteiger partial charge in [-0.2, -0.15) is 0 Å². The molecule has 2 amide bonds. The van der Waals surface area contributed by atoms with Crippen LogP contribution in [0.1, 0.15) is 33.8 Å².